The largest absolute Gasteiger partial charge is 0.306 e. The molecule has 0 radical (unpaired) electrons. The molecule has 0 amide bonds. The van der Waals surface area contributed by atoms with E-state index in [4.69, 9.17) is 0 Å². The molecule has 1 N–H and O–H groups in total. The highest BCUT2D eigenvalue weighted by Gasteiger charge is 2.36. The molecule has 2 nitrogen and oxygen atoms in total. The average molecular weight is 225 g/mol. The molecule has 16 heavy (non-hydrogen) atoms. The topological polar surface area (TPSA) is 29.1 Å². The van der Waals surface area contributed by atoms with Gasteiger partial charge in [-0.2, -0.15) is 0 Å². The molecule has 0 bridgehead atoms. The van der Waals surface area contributed by atoms with Crippen molar-refractivity contribution >= 4 is 5.78 Å². The van der Waals surface area contributed by atoms with Gasteiger partial charge in [-0.25, -0.2) is 0 Å². The van der Waals surface area contributed by atoms with Crippen molar-refractivity contribution < 1.29 is 4.79 Å². The van der Waals surface area contributed by atoms with Crippen molar-refractivity contribution in [2.24, 2.45) is 17.8 Å². The third kappa shape index (κ3) is 3.07. The standard InChI is InChI=1S/C14H27NO/c1-6-15-14(4,5)13(16)12-8-7-10(2)11(3)9-12/h10-12,15H,6-9H2,1-5H3. The molecule has 0 heterocycles. The highest BCUT2D eigenvalue weighted by molar-refractivity contribution is 5.89. The summed E-state index contributed by atoms with van der Waals surface area (Å²) in [6.45, 7) is 11.5. The van der Waals surface area contributed by atoms with Crippen molar-refractivity contribution in [1.29, 1.82) is 0 Å². The molecule has 0 aromatic heterocycles. The van der Waals surface area contributed by atoms with E-state index >= 15 is 0 Å². The zero-order valence-corrected chi connectivity index (χ0v) is 11.5. The Labute approximate surface area is 100 Å². The highest BCUT2D eigenvalue weighted by atomic mass is 16.1. The lowest BCUT2D eigenvalue weighted by Gasteiger charge is -2.35. The third-order valence-corrected chi connectivity index (χ3v) is 4.20. The SMILES string of the molecule is CCNC(C)(C)C(=O)C1CCC(C)C(C)C1. The molecule has 94 valence electrons. The summed E-state index contributed by atoms with van der Waals surface area (Å²) < 4.78 is 0. The number of carbonyl (C=O) groups excluding carboxylic acids is 1. The number of hydrogen-bond acceptors (Lipinski definition) is 2. The Balaban J connectivity index is 2.61. The second-order valence-corrected chi connectivity index (χ2v) is 5.98. The molecule has 0 saturated heterocycles. The van der Waals surface area contributed by atoms with E-state index in [9.17, 15) is 4.79 Å². The maximum Gasteiger partial charge on any atom is 0.155 e. The maximum atomic E-state index is 12.4. The van der Waals surface area contributed by atoms with E-state index in [0.717, 1.165) is 25.3 Å². The third-order valence-electron chi connectivity index (χ3n) is 4.20. The van der Waals surface area contributed by atoms with Gasteiger partial charge in [0, 0.05) is 5.92 Å². The number of ketones is 1. The van der Waals surface area contributed by atoms with Gasteiger partial charge < -0.3 is 5.32 Å². The molecular weight excluding hydrogens is 198 g/mol. The van der Waals surface area contributed by atoms with E-state index < -0.39 is 0 Å². The van der Waals surface area contributed by atoms with Crippen molar-refractivity contribution in [3.8, 4) is 0 Å². The monoisotopic (exact) mass is 225 g/mol. The van der Waals surface area contributed by atoms with Gasteiger partial charge in [-0.15, -0.1) is 0 Å². The first kappa shape index (κ1) is 13.7. The first-order chi connectivity index (χ1) is 7.38. The summed E-state index contributed by atoms with van der Waals surface area (Å²) in [6.07, 6.45) is 3.37. The molecule has 1 saturated carbocycles. The lowest BCUT2D eigenvalue weighted by Crippen LogP contribution is -2.50. The minimum Gasteiger partial charge on any atom is -0.306 e. The number of nitrogens with one attached hydrogen (secondary N) is 1. The highest BCUT2D eigenvalue weighted by Crippen LogP contribution is 2.35. The zero-order chi connectivity index (χ0) is 12.3. The molecule has 1 aliphatic rings. The molecule has 0 aliphatic heterocycles. The van der Waals surface area contributed by atoms with Crippen molar-refractivity contribution in [3.63, 3.8) is 0 Å². The summed E-state index contributed by atoms with van der Waals surface area (Å²) >= 11 is 0. The van der Waals surface area contributed by atoms with Gasteiger partial charge in [-0.05, 0) is 51.5 Å². The molecule has 3 atom stereocenters. The number of carbonyl (C=O) groups is 1. The lowest BCUT2D eigenvalue weighted by molar-refractivity contribution is -0.130. The Morgan fingerprint density at radius 2 is 1.88 bits per heavy atom. The summed E-state index contributed by atoms with van der Waals surface area (Å²) in [5.41, 5.74) is -0.348. The maximum absolute atomic E-state index is 12.4. The summed E-state index contributed by atoms with van der Waals surface area (Å²) in [6, 6.07) is 0. The van der Waals surface area contributed by atoms with E-state index in [-0.39, 0.29) is 11.5 Å². The Bertz CT molecular complexity index is 247. The Morgan fingerprint density at radius 1 is 1.25 bits per heavy atom. The fourth-order valence-corrected chi connectivity index (χ4v) is 2.83. The quantitative estimate of drug-likeness (QED) is 0.797. The van der Waals surface area contributed by atoms with Crippen LogP contribution in [-0.2, 0) is 4.79 Å². The molecule has 1 fully saturated rings. The van der Waals surface area contributed by atoms with Gasteiger partial charge in [0.15, 0.2) is 5.78 Å². The zero-order valence-electron chi connectivity index (χ0n) is 11.5. The normalized spacial score (nSPS) is 31.4. The Morgan fingerprint density at radius 3 is 2.38 bits per heavy atom. The number of hydrogen-bond donors (Lipinski definition) is 1. The second kappa shape index (κ2) is 5.31. The fraction of sp³-hybridized carbons (Fsp3) is 0.929. The van der Waals surface area contributed by atoms with Crippen molar-refractivity contribution in [2.75, 3.05) is 6.54 Å². The smallest absolute Gasteiger partial charge is 0.155 e. The number of Topliss-reactive ketones (excluding diaryl/α,β-unsaturated/α-hetero) is 1. The second-order valence-electron chi connectivity index (χ2n) is 5.98. The fourth-order valence-electron chi connectivity index (χ4n) is 2.83. The number of rotatable bonds is 4. The first-order valence-corrected chi connectivity index (χ1v) is 6.67. The van der Waals surface area contributed by atoms with Gasteiger partial charge in [0.2, 0.25) is 0 Å². The van der Waals surface area contributed by atoms with Crippen LogP contribution in [-0.4, -0.2) is 17.9 Å². The molecule has 0 spiro atoms. The van der Waals surface area contributed by atoms with Crippen LogP contribution in [0.4, 0.5) is 0 Å². The van der Waals surface area contributed by atoms with Crippen LogP contribution in [0.5, 0.6) is 0 Å². The summed E-state index contributed by atoms with van der Waals surface area (Å²) in [7, 11) is 0. The summed E-state index contributed by atoms with van der Waals surface area (Å²) in [5, 5.41) is 3.30. The van der Waals surface area contributed by atoms with E-state index in [1.165, 1.54) is 6.42 Å². The van der Waals surface area contributed by atoms with Crippen LogP contribution in [0, 0.1) is 17.8 Å². The molecular formula is C14H27NO. The lowest BCUT2D eigenvalue weighted by atomic mass is 9.71. The van der Waals surface area contributed by atoms with Gasteiger partial charge >= 0.3 is 0 Å². The van der Waals surface area contributed by atoms with Crippen LogP contribution < -0.4 is 5.32 Å². The van der Waals surface area contributed by atoms with Crippen LogP contribution >= 0.6 is 0 Å². The van der Waals surface area contributed by atoms with Crippen LogP contribution in [0.15, 0.2) is 0 Å². The average Bonchev–Trinajstić information content (AvgIpc) is 2.21. The van der Waals surface area contributed by atoms with Gasteiger partial charge in [-0.3, -0.25) is 4.79 Å². The van der Waals surface area contributed by atoms with Crippen LogP contribution in [0.25, 0.3) is 0 Å². The van der Waals surface area contributed by atoms with Crippen LogP contribution in [0.2, 0.25) is 0 Å². The first-order valence-electron chi connectivity index (χ1n) is 6.67. The van der Waals surface area contributed by atoms with Crippen molar-refractivity contribution in [3.05, 3.63) is 0 Å². The van der Waals surface area contributed by atoms with Gasteiger partial charge in [0.25, 0.3) is 0 Å². The molecule has 1 aliphatic carbocycles. The molecule has 0 aromatic carbocycles. The van der Waals surface area contributed by atoms with E-state index in [1.54, 1.807) is 0 Å². The van der Waals surface area contributed by atoms with E-state index in [2.05, 4.69) is 26.1 Å². The van der Waals surface area contributed by atoms with Crippen molar-refractivity contribution in [1.82, 2.24) is 5.32 Å². The Hall–Kier alpha value is -0.370. The predicted octanol–water partition coefficient (Wildman–Crippen LogP) is 3.02. The summed E-state index contributed by atoms with van der Waals surface area (Å²) in [4.78, 5) is 12.4. The van der Waals surface area contributed by atoms with E-state index in [0.29, 0.717) is 11.7 Å². The minimum absolute atomic E-state index is 0.278. The van der Waals surface area contributed by atoms with E-state index in [1.807, 2.05) is 13.8 Å². The Kier molecular flexibility index (Phi) is 4.54. The molecule has 2 heteroatoms. The summed E-state index contributed by atoms with van der Waals surface area (Å²) in [5.74, 6) is 2.17. The van der Waals surface area contributed by atoms with Crippen molar-refractivity contribution in [2.45, 2.75) is 59.4 Å². The minimum atomic E-state index is -0.348. The van der Waals surface area contributed by atoms with Crippen LogP contribution in [0.3, 0.4) is 0 Å². The van der Waals surface area contributed by atoms with Gasteiger partial charge in [0.05, 0.1) is 5.54 Å². The molecule has 1 rings (SSSR count). The number of likely N-dealkylation sites (N-methyl/N-ethyl adjacent to an activating group) is 1. The van der Waals surface area contributed by atoms with Gasteiger partial charge in [0.1, 0.15) is 0 Å². The van der Waals surface area contributed by atoms with Crippen LogP contribution in [0.1, 0.15) is 53.9 Å². The molecule has 0 aromatic rings. The predicted molar refractivity (Wildman–Crippen MR) is 68.4 cm³/mol. The molecule has 3 unspecified atom stereocenters. The van der Waals surface area contributed by atoms with Gasteiger partial charge in [-0.1, -0.05) is 20.8 Å².